The van der Waals surface area contributed by atoms with E-state index in [0.29, 0.717) is 17.7 Å². The van der Waals surface area contributed by atoms with Crippen LogP contribution in [0.2, 0.25) is 0 Å². The Morgan fingerprint density at radius 2 is 1.79 bits per heavy atom. The highest BCUT2D eigenvalue weighted by molar-refractivity contribution is 8.32. The van der Waals surface area contributed by atoms with E-state index in [1.807, 2.05) is 0 Å². The van der Waals surface area contributed by atoms with Crippen molar-refractivity contribution in [3.8, 4) is 5.75 Å². The van der Waals surface area contributed by atoms with Gasteiger partial charge in [-0.2, -0.15) is 0 Å². The quantitative estimate of drug-likeness (QED) is 0.570. The normalized spacial score (nSPS) is 15.8. The highest BCUT2D eigenvalue weighted by atomic mass is 32.3. The second-order valence-corrected chi connectivity index (χ2v) is 12.6. The third kappa shape index (κ3) is 5.41. The lowest BCUT2D eigenvalue weighted by atomic mass is 9.91. The summed E-state index contributed by atoms with van der Waals surface area (Å²) < 4.78 is 34.6. The summed E-state index contributed by atoms with van der Waals surface area (Å²) >= 11 is 0. The Bertz CT molecular complexity index is 1110. The number of rotatable bonds is 6. The van der Waals surface area contributed by atoms with E-state index in [1.165, 1.54) is 12.0 Å². The van der Waals surface area contributed by atoms with Crippen molar-refractivity contribution in [2.45, 2.75) is 17.4 Å². The van der Waals surface area contributed by atoms with Gasteiger partial charge in [0.15, 0.2) is 0 Å². The first-order chi connectivity index (χ1) is 15.9. The predicted octanol–water partition coefficient (Wildman–Crippen LogP) is 3.36. The van der Waals surface area contributed by atoms with Gasteiger partial charge in [0, 0.05) is 12.2 Å². The maximum Gasteiger partial charge on any atom is 0.323 e. The van der Waals surface area contributed by atoms with E-state index in [0.717, 1.165) is 17.7 Å². The first kappa shape index (κ1) is 25.3. The molecule has 3 amide bonds. The second-order valence-electron chi connectivity index (χ2n) is 8.56. The lowest BCUT2D eigenvalue weighted by Crippen LogP contribution is -2.50. The maximum atomic E-state index is 14.7. The number of anilines is 1. The summed E-state index contributed by atoms with van der Waals surface area (Å²) in [4.78, 5) is 38.1. The highest BCUT2D eigenvalue weighted by Gasteiger charge is 2.36. The van der Waals surface area contributed by atoms with Crippen molar-refractivity contribution < 1.29 is 33.0 Å². The van der Waals surface area contributed by atoms with Crippen LogP contribution in [0.3, 0.4) is 0 Å². The number of aliphatic carboxylic acids is 1. The molecule has 8 nitrogen and oxygen atoms in total. The van der Waals surface area contributed by atoms with E-state index >= 15 is 0 Å². The lowest BCUT2D eigenvalue weighted by Gasteiger charge is -2.36. The van der Waals surface area contributed by atoms with Crippen LogP contribution in [0.1, 0.15) is 17.2 Å². The Morgan fingerprint density at radius 3 is 2.35 bits per heavy atom. The molecule has 0 bridgehead atoms. The highest BCUT2D eigenvalue weighted by Crippen LogP contribution is 2.48. The summed E-state index contributed by atoms with van der Waals surface area (Å²) in [6, 6.07) is 5.25. The lowest BCUT2D eigenvalue weighted by molar-refractivity contribution is -0.135. The van der Waals surface area contributed by atoms with Crippen LogP contribution in [-0.2, 0) is 16.0 Å². The van der Waals surface area contributed by atoms with E-state index in [4.69, 9.17) is 9.84 Å². The Kier molecular flexibility index (Phi) is 7.35. The molecule has 11 heteroatoms. The van der Waals surface area contributed by atoms with Gasteiger partial charge in [-0.15, -0.1) is 0 Å². The molecule has 0 aromatic heterocycles. The van der Waals surface area contributed by atoms with E-state index < -0.39 is 52.2 Å². The number of amides is 3. The summed E-state index contributed by atoms with van der Waals surface area (Å²) in [5.41, 5.74) is 1.19. The van der Waals surface area contributed by atoms with Crippen molar-refractivity contribution in [3.05, 3.63) is 53.1 Å². The third-order valence-electron chi connectivity index (χ3n) is 5.36. The van der Waals surface area contributed by atoms with Gasteiger partial charge in [-0.3, -0.25) is 9.59 Å². The zero-order valence-electron chi connectivity index (χ0n) is 19.3. The Labute approximate surface area is 197 Å². The molecule has 3 N–H and O–H groups in total. The third-order valence-corrected chi connectivity index (χ3v) is 6.97. The molecule has 34 heavy (non-hydrogen) atoms. The average molecular weight is 496 g/mol. The fraction of sp³-hybridized carbons (Fsp3) is 0.348. The van der Waals surface area contributed by atoms with Crippen LogP contribution < -0.4 is 15.4 Å². The van der Waals surface area contributed by atoms with Gasteiger partial charge < -0.3 is 25.4 Å². The fourth-order valence-electron chi connectivity index (χ4n) is 3.91. The minimum absolute atomic E-state index is 0.0183. The summed E-state index contributed by atoms with van der Waals surface area (Å²) in [7, 11) is -0.187. The maximum absolute atomic E-state index is 14.7. The van der Waals surface area contributed by atoms with Crippen molar-refractivity contribution >= 4 is 33.6 Å². The van der Waals surface area contributed by atoms with Gasteiger partial charge in [0.05, 0.1) is 12.0 Å². The van der Waals surface area contributed by atoms with Crippen molar-refractivity contribution in [1.82, 2.24) is 10.2 Å². The number of nitrogens with one attached hydrogen (secondary N) is 2. The number of carbonyl (C=O) groups excluding carboxylic acids is 2. The van der Waals surface area contributed by atoms with Gasteiger partial charge in [-0.1, -0.05) is 6.07 Å². The molecule has 2 aromatic carbocycles. The average Bonchev–Trinajstić information content (AvgIpc) is 2.74. The van der Waals surface area contributed by atoms with Gasteiger partial charge in [-0.25, -0.2) is 23.6 Å². The topological polar surface area (TPSA) is 108 Å². The van der Waals surface area contributed by atoms with Crippen molar-refractivity contribution in [3.63, 3.8) is 0 Å². The SMILES string of the molecule is COc1ccc2c(c1)CCN(C(=O)NCC(=O)O)[C@H]2C(=O)Nc1cc(F)c(S(C)(C)C)c(F)c1. The predicted molar refractivity (Wildman–Crippen MR) is 126 cm³/mol. The number of urea groups is 1. The van der Waals surface area contributed by atoms with Gasteiger partial charge in [0.1, 0.15) is 30.0 Å². The second kappa shape index (κ2) is 9.88. The summed E-state index contributed by atoms with van der Waals surface area (Å²) in [6.45, 7) is -0.495. The van der Waals surface area contributed by atoms with Gasteiger partial charge in [-0.05, 0) is 60.6 Å². The number of benzene rings is 2. The largest absolute Gasteiger partial charge is 0.497 e. The van der Waals surface area contributed by atoms with Crippen LogP contribution in [0.5, 0.6) is 5.75 Å². The molecule has 0 unspecified atom stereocenters. The minimum Gasteiger partial charge on any atom is -0.497 e. The molecule has 0 radical (unpaired) electrons. The van der Waals surface area contributed by atoms with Crippen LogP contribution in [0.15, 0.2) is 35.2 Å². The van der Waals surface area contributed by atoms with Crippen molar-refractivity contribution in [1.29, 1.82) is 0 Å². The monoisotopic (exact) mass is 495 g/mol. The molecule has 1 heterocycles. The molecule has 0 spiro atoms. The van der Waals surface area contributed by atoms with E-state index in [2.05, 4.69) is 10.6 Å². The van der Waals surface area contributed by atoms with Crippen LogP contribution >= 0.6 is 10.0 Å². The number of nitrogens with zero attached hydrogens (tertiary/aromatic N) is 1. The zero-order chi connectivity index (χ0) is 25.2. The number of methoxy groups -OCH3 is 1. The molecular formula is C23H27F2N3O5S. The summed E-state index contributed by atoms with van der Waals surface area (Å²) in [5.74, 6) is -2.87. The number of ether oxygens (including phenoxy) is 1. The number of fused-ring (bicyclic) bond motifs is 1. The summed E-state index contributed by atoms with van der Waals surface area (Å²) in [5, 5.41) is 13.7. The van der Waals surface area contributed by atoms with Crippen molar-refractivity contribution in [2.24, 2.45) is 0 Å². The molecule has 1 aliphatic heterocycles. The zero-order valence-corrected chi connectivity index (χ0v) is 20.1. The first-order valence-corrected chi connectivity index (χ1v) is 13.2. The van der Waals surface area contributed by atoms with E-state index in [-0.39, 0.29) is 17.1 Å². The Hall–Kier alpha value is -3.34. The minimum atomic E-state index is -1.69. The summed E-state index contributed by atoms with van der Waals surface area (Å²) in [6.07, 6.45) is 5.68. The Balaban J connectivity index is 1.96. The number of carbonyl (C=O) groups is 3. The Morgan fingerprint density at radius 1 is 1.15 bits per heavy atom. The standard InChI is InChI=1S/C23H27F2N3O5S/c1-33-15-5-6-16-13(9-15)7-8-28(23(32)26-12-19(29)30)20(16)22(31)27-14-10-17(24)21(18(25)11-14)34(2,3)4/h5-6,9-11,20H,7-8,12H2,1-4H3,(H,26,32)(H,27,31)(H,29,30)/t20-/m1/s1. The molecule has 184 valence electrons. The van der Waals surface area contributed by atoms with Crippen LogP contribution in [0.4, 0.5) is 19.3 Å². The van der Waals surface area contributed by atoms with Crippen molar-refractivity contribution in [2.75, 3.05) is 44.3 Å². The van der Waals surface area contributed by atoms with Gasteiger partial charge in [0.25, 0.3) is 5.91 Å². The number of halogens is 2. The smallest absolute Gasteiger partial charge is 0.323 e. The van der Waals surface area contributed by atoms with E-state index in [9.17, 15) is 23.2 Å². The molecule has 0 saturated carbocycles. The van der Waals surface area contributed by atoms with E-state index in [1.54, 1.807) is 37.0 Å². The molecule has 0 saturated heterocycles. The molecule has 0 aliphatic carbocycles. The molecule has 1 atom stereocenters. The molecule has 0 fully saturated rings. The number of carboxylic acid groups (broad SMARTS) is 1. The van der Waals surface area contributed by atoms with Gasteiger partial charge in [0.2, 0.25) is 0 Å². The molecule has 2 aromatic rings. The molecule has 3 rings (SSSR count). The first-order valence-electron chi connectivity index (χ1n) is 10.3. The number of hydrogen-bond donors (Lipinski definition) is 3. The fourth-order valence-corrected chi connectivity index (χ4v) is 5.20. The van der Waals surface area contributed by atoms with Crippen LogP contribution in [0.25, 0.3) is 0 Å². The molecular weight excluding hydrogens is 468 g/mol. The van der Waals surface area contributed by atoms with Crippen LogP contribution in [0, 0.1) is 11.6 Å². The number of hydrogen-bond acceptors (Lipinski definition) is 4. The van der Waals surface area contributed by atoms with Gasteiger partial charge >= 0.3 is 12.0 Å². The molecule has 1 aliphatic rings. The number of carboxylic acids is 1. The van der Waals surface area contributed by atoms with Crippen LogP contribution in [-0.4, -0.2) is 66.9 Å².